The molecule has 1 aliphatic heterocycles. The number of halogens is 2. The molecule has 1 aliphatic rings. The van der Waals surface area contributed by atoms with Crippen LogP contribution in [0.2, 0.25) is 10.0 Å². The van der Waals surface area contributed by atoms with Crippen molar-refractivity contribution in [3.63, 3.8) is 0 Å². The number of ether oxygens (including phenoxy) is 1. The Labute approximate surface area is 166 Å². The van der Waals surface area contributed by atoms with Crippen molar-refractivity contribution in [3.8, 4) is 11.3 Å². The minimum absolute atomic E-state index is 0.236. The van der Waals surface area contributed by atoms with E-state index in [1.165, 1.54) is 0 Å². The van der Waals surface area contributed by atoms with Crippen LogP contribution in [-0.4, -0.2) is 17.3 Å². The highest BCUT2D eigenvalue weighted by atomic mass is 35.5. The molecule has 0 radical (unpaired) electrons. The fraction of sp³-hybridized carbons (Fsp3) is 0.250. The summed E-state index contributed by atoms with van der Waals surface area (Å²) < 4.78 is 8.11. The van der Waals surface area contributed by atoms with Crippen LogP contribution < -0.4 is 4.80 Å². The van der Waals surface area contributed by atoms with E-state index in [9.17, 15) is 0 Å². The lowest BCUT2D eigenvalue weighted by Gasteiger charge is -2.14. The molecule has 0 spiro atoms. The number of rotatable bonds is 4. The summed E-state index contributed by atoms with van der Waals surface area (Å²) in [5, 5.41) is 3.59. The van der Waals surface area contributed by atoms with Crippen molar-refractivity contribution in [1.29, 1.82) is 0 Å². The van der Waals surface area contributed by atoms with E-state index in [2.05, 4.69) is 9.95 Å². The zero-order chi connectivity index (χ0) is 17.9. The predicted molar refractivity (Wildman–Crippen MR) is 108 cm³/mol. The van der Waals surface area contributed by atoms with E-state index in [1.807, 2.05) is 48.5 Å². The van der Waals surface area contributed by atoms with Crippen molar-refractivity contribution in [2.24, 2.45) is 4.99 Å². The van der Waals surface area contributed by atoms with Crippen molar-refractivity contribution in [3.05, 3.63) is 68.8 Å². The molecule has 1 aromatic heterocycles. The molecule has 1 unspecified atom stereocenters. The molecule has 1 fully saturated rings. The molecular weight excluding hydrogens is 387 g/mol. The smallest absolute Gasteiger partial charge is 0.190 e. The van der Waals surface area contributed by atoms with Crippen molar-refractivity contribution in [2.75, 3.05) is 6.61 Å². The number of hydrogen-bond acceptors (Lipinski definition) is 3. The second-order valence-electron chi connectivity index (χ2n) is 6.24. The monoisotopic (exact) mass is 404 g/mol. The minimum atomic E-state index is 0.236. The highest BCUT2D eigenvalue weighted by molar-refractivity contribution is 7.07. The van der Waals surface area contributed by atoms with Crippen LogP contribution in [0.1, 0.15) is 12.8 Å². The lowest BCUT2D eigenvalue weighted by Crippen LogP contribution is -2.24. The summed E-state index contributed by atoms with van der Waals surface area (Å²) in [6.07, 6.45) is 2.44. The minimum Gasteiger partial charge on any atom is -0.376 e. The summed E-state index contributed by atoms with van der Waals surface area (Å²) in [5.41, 5.74) is 3.15. The first-order valence-electron chi connectivity index (χ1n) is 8.55. The molecule has 2 heterocycles. The molecule has 3 aromatic rings. The van der Waals surface area contributed by atoms with Crippen molar-refractivity contribution in [2.45, 2.75) is 25.5 Å². The second-order valence-corrected chi connectivity index (χ2v) is 7.95. The zero-order valence-electron chi connectivity index (χ0n) is 14.1. The lowest BCUT2D eigenvalue weighted by molar-refractivity contribution is 0.0968. The molecule has 134 valence electrons. The van der Waals surface area contributed by atoms with Crippen LogP contribution in [0.4, 0.5) is 5.69 Å². The van der Waals surface area contributed by atoms with Crippen LogP contribution in [0.3, 0.4) is 0 Å². The molecule has 1 atom stereocenters. The molecule has 4 rings (SSSR count). The van der Waals surface area contributed by atoms with E-state index in [4.69, 9.17) is 32.9 Å². The Morgan fingerprint density at radius 3 is 2.38 bits per heavy atom. The number of aromatic nitrogens is 1. The van der Waals surface area contributed by atoms with Gasteiger partial charge in [-0.2, -0.15) is 0 Å². The van der Waals surface area contributed by atoms with E-state index in [0.717, 1.165) is 52.8 Å². The average Bonchev–Trinajstić information content (AvgIpc) is 3.29. The van der Waals surface area contributed by atoms with Crippen molar-refractivity contribution in [1.82, 2.24) is 4.57 Å². The summed E-state index contributed by atoms with van der Waals surface area (Å²) in [6, 6.07) is 15.5. The number of hydrogen-bond donors (Lipinski definition) is 0. The highest BCUT2D eigenvalue weighted by Crippen LogP contribution is 2.25. The summed E-state index contributed by atoms with van der Waals surface area (Å²) in [6.45, 7) is 1.64. The summed E-state index contributed by atoms with van der Waals surface area (Å²) >= 11 is 13.7. The van der Waals surface area contributed by atoms with Gasteiger partial charge in [0.15, 0.2) is 4.80 Å². The third-order valence-corrected chi connectivity index (χ3v) is 5.77. The van der Waals surface area contributed by atoms with Gasteiger partial charge >= 0.3 is 0 Å². The molecule has 0 amide bonds. The van der Waals surface area contributed by atoms with E-state index in [-0.39, 0.29) is 6.10 Å². The first-order valence-corrected chi connectivity index (χ1v) is 10.2. The van der Waals surface area contributed by atoms with Crippen molar-refractivity contribution >= 4 is 40.2 Å². The second kappa shape index (κ2) is 7.97. The van der Waals surface area contributed by atoms with Crippen LogP contribution in [0.15, 0.2) is 58.9 Å². The summed E-state index contributed by atoms with van der Waals surface area (Å²) in [4.78, 5) is 5.78. The first kappa shape index (κ1) is 17.8. The number of nitrogens with zero attached hydrogens (tertiary/aromatic N) is 2. The van der Waals surface area contributed by atoms with Crippen LogP contribution in [0.25, 0.3) is 11.3 Å². The molecule has 0 aliphatic carbocycles. The summed E-state index contributed by atoms with van der Waals surface area (Å²) in [5.74, 6) is 0. The van der Waals surface area contributed by atoms with Gasteiger partial charge in [-0.05, 0) is 54.8 Å². The molecule has 6 heteroatoms. The van der Waals surface area contributed by atoms with Gasteiger partial charge in [-0.15, -0.1) is 11.3 Å². The number of benzene rings is 2. The number of thiazole rings is 1. The third kappa shape index (κ3) is 4.04. The predicted octanol–water partition coefficient (Wildman–Crippen LogP) is 5.93. The normalized spacial score (nSPS) is 17.8. The third-order valence-electron chi connectivity index (χ3n) is 4.40. The largest absolute Gasteiger partial charge is 0.376 e. The fourth-order valence-corrected chi connectivity index (χ4v) is 4.26. The maximum atomic E-state index is 6.05. The Morgan fingerprint density at radius 1 is 1.04 bits per heavy atom. The van der Waals surface area contributed by atoms with Gasteiger partial charge in [0.1, 0.15) is 0 Å². The van der Waals surface area contributed by atoms with Gasteiger partial charge in [0.05, 0.1) is 24.0 Å². The van der Waals surface area contributed by atoms with Gasteiger partial charge in [0.25, 0.3) is 0 Å². The van der Waals surface area contributed by atoms with E-state index in [0.29, 0.717) is 5.02 Å². The molecular formula is C20H18Cl2N2OS. The van der Waals surface area contributed by atoms with Gasteiger partial charge in [-0.3, -0.25) is 0 Å². The van der Waals surface area contributed by atoms with Gasteiger partial charge in [-0.1, -0.05) is 35.3 Å². The molecule has 2 aromatic carbocycles. The van der Waals surface area contributed by atoms with E-state index >= 15 is 0 Å². The molecule has 1 saturated heterocycles. The highest BCUT2D eigenvalue weighted by Gasteiger charge is 2.19. The Balaban J connectivity index is 1.77. The Hall–Kier alpha value is -1.59. The van der Waals surface area contributed by atoms with E-state index in [1.54, 1.807) is 11.3 Å². The average molecular weight is 405 g/mol. The standard InChI is InChI=1S/C20H18Cl2N2OS/c21-15-5-3-14(4-6-15)19-13-26-20(23-17-9-7-16(22)8-10-17)24(19)12-18-2-1-11-25-18/h3-10,13,18H,1-2,11-12H2. The topological polar surface area (TPSA) is 26.5 Å². The van der Waals surface area contributed by atoms with Gasteiger partial charge in [-0.25, -0.2) is 4.99 Å². The molecule has 3 nitrogen and oxygen atoms in total. The van der Waals surface area contributed by atoms with Gasteiger partial charge in [0, 0.05) is 22.0 Å². The first-order chi connectivity index (χ1) is 12.7. The van der Waals surface area contributed by atoms with Gasteiger partial charge in [0.2, 0.25) is 0 Å². The van der Waals surface area contributed by atoms with Crippen LogP contribution in [0, 0.1) is 0 Å². The van der Waals surface area contributed by atoms with Crippen LogP contribution in [0.5, 0.6) is 0 Å². The Kier molecular flexibility index (Phi) is 5.46. The van der Waals surface area contributed by atoms with Crippen molar-refractivity contribution < 1.29 is 4.74 Å². The fourth-order valence-electron chi connectivity index (χ4n) is 3.06. The Morgan fingerprint density at radius 2 is 1.73 bits per heavy atom. The molecule has 0 N–H and O–H groups in total. The quantitative estimate of drug-likeness (QED) is 0.528. The maximum Gasteiger partial charge on any atom is 0.190 e. The molecule has 26 heavy (non-hydrogen) atoms. The maximum absolute atomic E-state index is 6.05. The Bertz CT molecular complexity index is 939. The summed E-state index contributed by atoms with van der Waals surface area (Å²) in [7, 11) is 0. The zero-order valence-corrected chi connectivity index (χ0v) is 16.4. The van der Waals surface area contributed by atoms with Crippen LogP contribution in [-0.2, 0) is 11.3 Å². The van der Waals surface area contributed by atoms with Crippen LogP contribution >= 0.6 is 34.5 Å². The lowest BCUT2D eigenvalue weighted by atomic mass is 10.1. The van der Waals surface area contributed by atoms with E-state index < -0.39 is 0 Å². The molecule has 0 saturated carbocycles. The molecule has 0 bridgehead atoms. The van der Waals surface area contributed by atoms with Gasteiger partial charge < -0.3 is 9.30 Å². The SMILES string of the molecule is Clc1ccc(N=c2scc(-c3ccc(Cl)cc3)n2CC2CCCO2)cc1.